The van der Waals surface area contributed by atoms with E-state index in [-0.39, 0.29) is 0 Å². The number of fused-ring (bicyclic) bond motifs is 4. The van der Waals surface area contributed by atoms with E-state index in [9.17, 15) is 0 Å². The van der Waals surface area contributed by atoms with Crippen LogP contribution >= 0.6 is 0 Å². The summed E-state index contributed by atoms with van der Waals surface area (Å²) < 4.78 is 5.48. The lowest BCUT2D eigenvalue weighted by Crippen LogP contribution is -2.43. The number of H-pyrrole nitrogens is 1. The Morgan fingerprint density at radius 3 is 2.82 bits per heavy atom. The second kappa shape index (κ2) is 6.42. The van der Waals surface area contributed by atoms with E-state index < -0.39 is 0 Å². The molecule has 0 saturated carbocycles. The second-order valence-corrected chi connectivity index (χ2v) is 7.92. The Kier molecular flexibility index (Phi) is 3.72. The number of aliphatic imine (C=N–C) groups is 1. The number of benzene rings is 2. The Balaban J connectivity index is 1.28. The number of morpholine rings is 1. The Morgan fingerprint density at radius 2 is 1.89 bits per heavy atom. The number of hydrogen-bond acceptors (Lipinski definition) is 4. The Labute approximate surface area is 165 Å². The highest BCUT2D eigenvalue weighted by Gasteiger charge is 2.25. The Bertz CT molecular complexity index is 1080. The summed E-state index contributed by atoms with van der Waals surface area (Å²) in [6, 6.07) is 15.5. The SMILES string of the molecule is B1C(N2CCOCC2)=Nc2cc(N3CCc4[nH]c5ccccc5c4C3)ccc21. The number of para-hydroxylation sites is 1. The molecule has 0 amide bonds. The molecule has 1 N–H and O–H groups in total. The van der Waals surface area contributed by atoms with Gasteiger partial charge < -0.3 is 19.5 Å². The van der Waals surface area contributed by atoms with Crippen molar-refractivity contribution in [3.63, 3.8) is 0 Å². The molecule has 1 saturated heterocycles. The molecule has 140 valence electrons. The first-order valence-corrected chi connectivity index (χ1v) is 10.2. The van der Waals surface area contributed by atoms with Gasteiger partial charge in [0.1, 0.15) is 0 Å². The van der Waals surface area contributed by atoms with Gasteiger partial charge in [-0.25, -0.2) is 4.99 Å². The van der Waals surface area contributed by atoms with Crippen molar-refractivity contribution >= 4 is 40.8 Å². The predicted octanol–water partition coefficient (Wildman–Crippen LogP) is 2.13. The Morgan fingerprint density at radius 1 is 1.00 bits per heavy atom. The second-order valence-electron chi connectivity index (χ2n) is 7.92. The van der Waals surface area contributed by atoms with Crippen molar-refractivity contribution in [2.24, 2.45) is 4.99 Å². The fourth-order valence-corrected chi connectivity index (χ4v) is 4.74. The molecule has 0 radical (unpaired) electrons. The van der Waals surface area contributed by atoms with E-state index in [1.165, 1.54) is 39.0 Å². The van der Waals surface area contributed by atoms with Gasteiger partial charge in [0.15, 0.2) is 0 Å². The fraction of sp³-hybridized carbons (Fsp3) is 0.318. The molecule has 0 atom stereocenters. The van der Waals surface area contributed by atoms with E-state index in [1.807, 2.05) is 0 Å². The van der Waals surface area contributed by atoms with Crippen LogP contribution in [0.2, 0.25) is 0 Å². The summed E-state index contributed by atoms with van der Waals surface area (Å²) in [4.78, 5) is 13.4. The first kappa shape index (κ1) is 16.2. The van der Waals surface area contributed by atoms with Crippen molar-refractivity contribution in [1.29, 1.82) is 0 Å². The average Bonchev–Trinajstić information content (AvgIpc) is 3.34. The lowest BCUT2D eigenvalue weighted by Gasteiger charge is -2.29. The molecule has 28 heavy (non-hydrogen) atoms. The van der Waals surface area contributed by atoms with Crippen LogP contribution in [0.5, 0.6) is 0 Å². The van der Waals surface area contributed by atoms with E-state index >= 15 is 0 Å². The lowest BCUT2D eigenvalue weighted by atomic mass is 9.69. The number of aromatic nitrogens is 1. The summed E-state index contributed by atoms with van der Waals surface area (Å²) in [6.45, 7) is 5.52. The van der Waals surface area contributed by atoms with Crippen LogP contribution in [-0.4, -0.2) is 55.7 Å². The van der Waals surface area contributed by atoms with Crippen LogP contribution < -0.4 is 10.4 Å². The predicted molar refractivity (Wildman–Crippen MR) is 116 cm³/mol. The third kappa shape index (κ3) is 2.63. The molecule has 0 aliphatic carbocycles. The molecular formula is C22H23BN4O. The quantitative estimate of drug-likeness (QED) is 0.668. The molecule has 5 nitrogen and oxygen atoms in total. The summed E-state index contributed by atoms with van der Waals surface area (Å²) in [6.07, 6.45) is 1.06. The van der Waals surface area contributed by atoms with Crippen molar-refractivity contribution in [3.05, 3.63) is 53.7 Å². The molecule has 3 aromatic rings. The molecular weight excluding hydrogens is 347 g/mol. The van der Waals surface area contributed by atoms with Gasteiger partial charge in [-0.3, -0.25) is 0 Å². The van der Waals surface area contributed by atoms with Gasteiger partial charge in [0.25, 0.3) is 0 Å². The monoisotopic (exact) mass is 370 g/mol. The molecule has 4 heterocycles. The van der Waals surface area contributed by atoms with Crippen LogP contribution in [-0.2, 0) is 17.7 Å². The largest absolute Gasteiger partial charge is 0.378 e. The number of amidine groups is 1. The third-order valence-electron chi connectivity index (χ3n) is 6.29. The van der Waals surface area contributed by atoms with Crippen molar-refractivity contribution in [2.45, 2.75) is 13.0 Å². The number of nitrogens with zero attached hydrogens (tertiary/aromatic N) is 3. The van der Waals surface area contributed by atoms with Crippen LogP contribution in [0.1, 0.15) is 11.3 Å². The number of aromatic amines is 1. The van der Waals surface area contributed by atoms with Crippen LogP contribution in [0.3, 0.4) is 0 Å². The molecule has 0 unspecified atom stereocenters. The molecule has 1 fully saturated rings. The molecule has 6 heteroatoms. The maximum Gasteiger partial charge on any atom is 0.240 e. The number of nitrogens with one attached hydrogen (secondary N) is 1. The number of hydrogen-bond donors (Lipinski definition) is 1. The highest BCUT2D eigenvalue weighted by molar-refractivity contribution is 6.87. The topological polar surface area (TPSA) is 43.9 Å². The maximum absolute atomic E-state index is 5.48. The molecule has 2 aromatic carbocycles. The van der Waals surface area contributed by atoms with Gasteiger partial charge in [-0.2, -0.15) is 0 Å². The van der Waals surface area contributed by atoms with E-state index in [2.05, 4.69) is 57.2 Å². The van der Waals surface area contributed by atoms with Gasteiger partial charge >= 0.3 is 0 Å². The van der Waals surface area contributed by atoms with Crippen molar-refractivity contribution < 1.29 is 4.74 Å². The Hall–Kier alpha value is -2.73. The van der Waals surface area contributed by atoms with Gasteiger partial charge in [0, 0.05) is 60.4 Å². The highest BCUT2D eigenvalue weighted by atomic mass is 16.5. The molecule has 0 spiro atoms. The molecule has 3 aliphatic rings. The maximum atomic E-state index is 5.48. The smallest absolute Gasteiger partial charge is 0.240 e. The van der Waals surface area contributed by atoms with Gasteiger partial charge in [-0.15, -0.1) is 0 Å². The molecule has 6 rings (SSSR count). The number of ether oxygens (including phenoxy) is 1. The summed E-state index contributed by atoms with van der Waals surface area (Å²) in [5.41, 5.74) is 9.06. The summed E-state index contributed by atoms with van der Waals surface area (Å²) >= 11 is 0. The highest BCUT2D eigenvalue weighted by Crippen LogP contribution is 2.31. The minimum absolute atomic E-state index is 0.807. The zero-order valence-electron chi connectivity index (χ0n) is 15.9. The van der Waals surface area contributed by atoms with Crippen molar-refractivity contribution in [3.8, 4) is 0 Å². The van der Waals surface area contributed by atoms with E-state index in [0.717, 1.165) is 58.8 Å². The van der Waals surface area contributed by atoms with Crippen molar-refractivity contribution in [1.82, 2.24) is 9.88 Å². The zero-order valence-corrected chi connectivity index (χ0v) is 15.9. The normalized spacial score (nSPS) is 18.6. The first-order chi connectivity index (χ1) is 13.8. The summed E-state index contributed by atoms with van der Waals surface area (Å²) in [7, 11) is 0.947. The van der Waals surface area contributed by atoms with Crippen LogP contribution in [0, 0.1) is 0 Å². The van der Waals surface area contributed by atoms with Gasteiger partial charge in [0.2, 0.25) is 7.28 Å². The van der Waals surface area contributed by atoms with E-state index in [1.54, 1.807) is 0 Å². The minimum Gasteiger partial charge on any atom is -0.378 e. The number of rotatable bonds is 1. The average molecular weight is 370 g/mol. The van der Waals surface area contributed by atoms with Crippen LogP contribution in [0.4, 0.5) is 11.4 Å². The summed E-state index contributed by atoms with van der Waals surface area (Å²) in [5, 5.41) is 1.36. The molecule has 1 aromatic heterocycles. The molecule has 0 bridgehead atoms. The van der Waals surface area contributed by atoms with E-state index in [0.29, 0.717) is 0 Å². The first-order valence-electron chi connectivity index (χ1n) is 10.2. The zero-order chi connectivity index (χ0) is 18.5. The van der Waals surface area contributed by atoms with Gasteiger partial charge in [0.05, 0.1) is 24.6 Å². The summed E-state index contributed by atoms with van der Waals surface area (Å²) in [5.74, 6) is 0. The van der Waals surface area contributed by atoms with Gasteiger partial charge in [-0.05, 0) is 23.7 Å². The van der Waals surface area contributed by atoms with Gasteiger partial charge in [-0.1, -0.05) is 24.3 Å². The minimum atomic E-state index is 0.807. The van der Waals surface area contributed by atoms with E-state index in [4.69, 9.17) is 9.73 Å². The lowest BCUT2D eigenvalue weighted by molar-refractivity contribution is 0.0692. The standard InChI is InChI=1S/C22H23BN4O/c1-2-4-19-16(3-1)17-14-27(8-7-20(17)24-19)15-5-6-18-21(13-15)25-22(23-18)26-9-11-28-12-10-26/h1-6,13,23-24H,7-12,14H2. The fourth-order valence-electron chi connectivity index (χ4n) is 4.74. The number of anilines is 1. The van der Waals surface area contributed by atoms with Crippen LogP contribution in [0.15, 0.2) is 47.5 Å². The third-order valence-corrected chi connectivity index (χ3v) is 6.29. The molecule has 3 aliphatic heterocycles. The van der Waals surface area contributed by atoms with Crippen LogP contribution in [0.25, 0.3) is 10.9 Å². The van der Waals surface area contributed by atoms with Crippen molar-refractivity contribution in [2.75, 3.05) is 37.7 Å².